The van der Waals surface area contributed by atoms with Gasteiger partial charge in [-0.3, -0.25) is 4.68 Å². The zero-order valence-corrected chi connectivity index (χ0v) is 13.5. The van der Waals surface area contributed by atoms with Gasteiger partial charge in [-0.1, -0.05) is 25.3 Å². The first-order valence-electron chi connectivity index (χ1n) is 7.25. The van der Waals surface area contributed by atoms with Crippen molar-refractivity contribution in [2.45, 2.75) is 46.1 Å². The fourth-order valence-corrected chi connectivity index (χ4v) is 3.19. The maximum atomic E-state index is 4.53. The lowest BCUT2D eigenvalue weighted by Crippen LogP contribution is -2.24. The number of nitrogens with one attached hydrogen (secondary N) is 1. The van der Waals surface area contributed by atoms with E-state index in [1.807, 2.05) is 11.7 Å². The van der Waals surface area contributed by atoms with Gasteiger partial charge in [0.1, 0.15) is 0 Å². The van der Waals surface area contributed by atoms with E-state index in [0.29, 0.717) is 0 Å². The summed E-state index contributed by atoms with van der Waals surface area (Å²) in [4.78, 5) is 1.26. The fourth-order valence-electron chi connectivity index (χ4n) is 2.37. The van der Waals surface area contributed by atoms with Crippen LogP contribution in [0.15, 0.2) is 6.07 Å². The van der Waals surface area contributed by atoms with Gasteiger partial charge in [0.2, 0.25) is 0 Å². The monoisotopic (exact) mass is 293 g/mol. The Kier molecular flexibility index (Phi) is 5.25. The molecule has 0 amide bonds. The predicted molar refractivity (Wildman–Crippen MR) is 82.0 cm³/mol. The topological polar surface area (TPSA) is 55.6 Å². The molecule has 110 valence electrons. The number of nitrogens with zero attached hydrogens (tertiary/aromatic N) is 4. The highest BCUT2D eigenvalue weighted by atomic mass is 32.1. The van der Waals surface area contributed by atoms with Gasteiger partial charge < -0.3 is 5.32 Å². The van der Waals surface area contributed by atoms with E-state index in [2.05, 4.69) is 46.8 Å². The fraction of sp³-hybridized carbons (Fsp3) is 0.643. The Hall–Kier alpha value is -1.27. The molecule has 0 fully saturated rings. The molecule has 6 heteroatoms. The summed E-state index contributed by atoms with van der Waals surface area (Å²) in [5.74, 6) is 0. The van der Waals surface area contributed by atoms with Crippen LogP contribution < -0.4 is 5.32 Å². The third kappa shape index (κ3) is 3.24. The highest BCUT2D eigenvalue weighted by molar-refractivity contribution is 7.05. The Bertz CT molecular complexity index is 546. The highest BCUT2D eigenvalue weighted by Gasteiger charge is 2.20. The van der Waals surface area contributed by atoms with Gasteiger partial charge in [0, 0.05) is 19.2 Å². The van der Waals surface area contributed by atoms with Crippen molar-refractivity contribution in [3.63, 3.8) is 0 Å². The van der Waals surface area contributed by atoms with E-state index in [4.69, 9.17) is 0 Å². The molecule has 2 rings (SSSR count). The molecule has 0 aromatic carbocycles. The lowest BCUT2D eigenvalue weighted by Gasteiger charge is -2.16. The van der Waals surface area contributed by atoms with Gasteiger partial charge in [0.15, 0.2) is 0 Å². The molecule has 0 bridgehead atoms. The second-order valence-electron chi connectivity index (χ2n) is 4.86. The van der Waals surface area contributed by atoms with Crippen LogP contribution in [-0.2, 0) is 26.3 Å². The van der Waals surface area contributed by atoms with Gasteiger partial charge >= 0.3 is 0 Å². The number of likely N-dealkylation sites (N-methyl/N-ethyl adjacent to an activating group) is 1. The Morgan fingerprint density at radius 3 is 2.70 bits per heavy atom. The first-order valence-corrected chi connectivity index (χ1v) is 8.03. The maximum Gasteiger partial charge on any atom is 0.0801 e. The Labute approximate surface area is 124 Å². The molecule has 0 aliphatic heterocycles. The van der Waals surface area contributed by atoms with Crippen molar-refractivity contribution < 1.29 is 0 Å². The van der Waals surface area contributed by atoms with Crippen LogP contribution in [0.5, 0.6) is 0 Å². The zero-order chi connectivity index (χ0) is 14.5. The zero-order valence-electron chi connectivity index (χ0n) is 12.7. The third-order valence-corrected chi connectivity index (χ3v) is 4.37. The first-order chi connectivity index (χ1) is 9.69. The molecule has 0 saturated heterocycles. The Morgan fingerprint density at radius 2 is 2.10 bits per heavy atom. The van der Waals surface area contributed by atoms with Crippen LogP contribution >= 0.6 is 11.5 Å². The summed E-state index contributed by atoms with van der Waals surface area (Å²) in [6, 6.07) is 2.47. The van der Waals surface area contributed by atoms with Crippen molar-refractivity contribution >= 4 is 11.5 Å². The smallest absolute Gasteiger partial charge is 0.0801 e. The van der Waals surface area contributed by atoms with E-state index in [9.17, 15) is 0 Å². The Balaban J connectivity index is 2.23. The molecule has 1 atom stereocenters. The summed E-state index contributed by atoms with van der Waals surface area (Å²) >= 11 is 1.51. The largest absolute Gasteiger partial charge is 0.309 e. The summed E-state index contributed by atoms with van der Waals surface area (Å²) in [5, 5.41) is 12.3. The van der Waals surface area contributed by atoms with Gasteiger partial charge in [0.25, 0.3) is 0 Å². The summed E-state index contributed by atoms with van der Waals surface area (Å²) < 4.78 is 6.10. The van der Waals surface area contributed by atoms with Gasteiger partial charge in [0.05, 0.1) is 22.3 Å². The van der Waals surface area contributed by atoms with Crippen LogP contribution in [0.25, 0.3) is 0 Å². The molecule has 2 heterocycles. The van der Waals surface area contributed by atoms with Gasteiger partial charge in [-0.05, 0) is 37.0 Å². The summed E-state index contributed by atoms with van der Waals surface area (Å²) in [6.45, 7) is 7.33. The number of aryl methyl sites for hydroxylation is 3. The third-order valence-electron chi connectivity index (χ3n) is 3.49. The second-order valence-corrected chi connectivity index (χ2v) is 5.64. The van der Waals surface area contributed by atoms with Crippen LogP contribution in [0, 0.1) is 0 Å². The van der Waals surface area contributed by atoms with Crippen molar-refractivity contribution in [3.8, 4) is 0 Å². The van der Waals surface area contributed by atoms with Gasteiger partial charge in [-0.15, -0.1) is 5.10 Å². The number of hydrogen-bond acceptors (Lipinski definition) is 5. The minimum atomic E-state index is 0.273. The average molecular weight is 293 g/mol. The van der Waals surface area contributed by atoms with Crippen LogP contribution in [0.1, 0.15) is 48.8 Å². The Morgan fingerprint density at radius 1 is 1.30 bits per heavy atom. The summed E-state index contributed by atoms with van der Waals surface area (Å²) in [5.41, 5.74) is 3.51. The van der Waals surface area contributed by atoms with E-state index in [1.54, 1.807) is 0 Å². The summed E-state index contributed by atoms with van der Waals surface area (Å²) in [7, 11) is 2.02. The van der Waals surface area contributed by atoms with E-state index in [1.165, 1.54) is 22.1 Å². The van der Waals surface area contributed by atoms with Gasteiger partial charge in [-0.25, -0.2) is 0 Å². The standard InChI is InChI=1S/C14H23N5S/c1-5-10-8-11(19(4)17-10)9-13(15-7-3)14-12(6-2)16-18-20-14/h8,13,15H,5-7,9H2,1-4H3. The van der Waals surface area contributed by atoms with Crippen LogP contribution in [0.3, 0.4) is 0 Å². The first kappa shape index (κ1) is 15.1. The van der Waals surface area contributed by atoms with Crippen molar-refractivity contribution in [2.24, 2.45) is 7.05 Å². The molecule has 0 aliphatic rings. The van der Waals surface area contributed by atoms with Crippen LogP contribution in [-0.4, -0.2) is 25.9 Å². The minimum absolute atomic E-state index is 0.273. The molecule has 0 aliphatic carbocycles. The normalized spacial score (nSPS) is 12.8. The molecular formula is C14H23N5S. The molecule has 0 spiro atoms. The lowest BCUT2D eigenvalue weighted by atomic mass is 10.1. The van der Waals surface area contributed by atoms with E-state index >= 15 is 0 Å². The van der Waals surface area contributed by atoms with E-state index in [0.717, 1.165) is 37.2 Å². The average Bonchev–Trinajstić information content (AvgIpc) is 3.05. The lowest BCUT2D eigenvalue weighted by molar-refractivity contribution is 0.531. The second kappa shape index (κ2) is 6.95. The highest BCUT2D eigenvalue weighted by Crippen LogP contribution is 2.24. The molecule has 2 aromatic rings. The molecule has 1 N–H and O–H groups in total. The molecule has 0 saturated carbocycles. The molecular weight excluding hydrogens is 270 g/mol. The maximum absolute atomic E-state index is 4.53. The van der Waals surface area contributed by atoms with Crippen molar-refractivity contribution in [2.75, 3.05) is 6.54 Å². The quantitative estimate of drug-likeness (QED) is 0.851. The van der Waals surface area contributed by atoms with Crippen LogP contribution in [0.4, 0.5) is 0 Å². The van der Waals surface area contributed by atoms with Gasteiger partial charge in [-0.2, -0.15) is 5.10 Å². The predicted octanol–water partition coefficient (Wildman–Crippen LogP) is 2.29. The number of hydrogen-bond donors (Lipinski definition) is 1. The molecule has 5 nitrogen and oxygen atoms in total. The minimum Gasteiger partial charge on any atom is -0.309 e. The van der Waals surface area contributed by atoms with Crippen molar-refractivity contribution in [1.29, 1.82) is 0 Å². The van der Waals surface area contributed by atoms with E-state index < -0.39 is 0 Å². The van der Waals surface area contributed by atoms with Crippen molar-refractivity contribution in [1.82, 2.24) is 24.7 Å². The van der Waals surface area contributed by atoms with Crippen molar-refractivity contribution in [3.05, 3.63) is 28.0 Å². The molecule has 20 heavy (non-hydrogen) atoms. The molecule has 0 radical (unpaired) electrons. The number of rotatable bonds is 7. The number of aromatic nitrogens is 4. The summed E-state index contributed by atoms with van der Waals surface area (Å²) in [6.07, 6.45) is 2.83. The SMILES string of the molecule is CCNC(Cc1cc(CC)nn1C)c1snnc1CC. The molecule has 1 unspecified atom stereocenters. The van der Waals surface area contributed by atoms with E-state index in [-0.39, 0.29) is 6.04 Å². The molecule has 2 aromatic heterocycles. The van der Waals surface area contributed by atoms with Crippen LogP contribution in [0.2, 0.25) is 0 Å².